The molecule has 1 aromatic carbocycles. The van der Waals surface area contributed by atoms with Gasteiger partial charge in [-0.25, -0.2) is 0 Å². The largest absolute Gasteiger partial charge is 0.396 e. The molecular weight excluding hydrogens is 288 g/mol. The number of carbonyl (C=O) groups is 1. The smallest absolute Gasteiger partial charge is 0.252 e. The zero-order valence-corrected chi connectivity index (χ0v) is 14.4. The van der Waals surface area contributed by atoms with Crippen LogP contribution in [0.25, 0.3) is 10.9 Å². The van der Waals surface area contributed by atoms with E-state index >= 15 is 0 Å². The van der Waals surface area contributed by atoms with Crippen molar-refractivity contribution in [3.63, 3.8) is 0 Å². The van der Waals surface area contributed by atoms with Gasteiger partial charge in [-0.15, -0.1) is 0 Å². The predicted molar refractivity (Wildman–Crippen MR) is 93.6 cm³/mol. The van der Waals surface area contributed by atoms with Crippen LogP contribution in [-0.2, 0) is 0 Å². The molecule has 2 aromatic rings. The normalized spacial score (nSPS) is 11.9. The Bertz CT molecular complexity index is 693. The molecule has 0 aliphatic carbocycles. The van der Waals surface area contributed by atoms with Crippen LogP contribution in [0.2, 0.25) is 0 Å². The Morgan fingerprint density at radius 1 is 1.30 bits per heavy atom. The summed E-state index contributed by atoms with van der Waals surface area (Å²) in [4.78, 5) is 17.3. The number of aliphatic hydroxyl groups excluding tert-OH is 1. The Hall–Kier alpha value is -1.94. The lowest BCUT2D eigenvalue weighted by Gasteiger charge is -2.24. The summed E-state index contributed by atoms with van der Waals surface area (Å²) in [6.07, 6.45) is 0.654. The number of rotatable bonds is 6. The van der Waals surface area contributed by atoms with E-state index < -0.39 is 0 Å². The Labute approximate surface area is 137 Å². The first-order chi connectivity index (χ1) is 10.8. The lowest BCUT2D eigenvalue weighted by molar-refractivity contribution is 0.0929. The van der Waals surface area contributed by atoms with Crippen molar-refractivity contribution >= 4 is 16.8 Å². The van der Waals surface area contributed by atoms with Gasteiger partial charge in [0.05, 0.1) is 11.1 Å². The molecular formula is C19H26N2O2. The van der Waals surface area contributed by atoms with Crippen LogP contribution in [0.15, 0.2) is 30.3 Å². The van der Waals surface area contributed by atoms with Crippen LogP contribution in [0.5, 0.6) is 0 Å². The highest BCUT2D eigenvalue weighted by Crippen LogP contribution is 2.23. The van der Waals surface area contributed by atoms with Gasteiger partial charge in [-0.3, -0.25) is 9.78 Å². The molecule has 0 saturated carbocycles. The van der Waals surface area contributed by atoms with Gasteiger partial charge in [0, 0.05) is 24.2 Å². The second-order valence-corrected chi connectivity index (χ2v) is 7.09. The van der Waals surface area contributed by atoms with Crippen molar-refractivity contribution < 1.29 is 9.90 Å². The molecule has 0 unspecified atom stereocenters. The van der Waals surface area contributed by atoms with E-state index in [0.29, 0.717) is 18.5 Å². The van der Waals surface area contributed by atoms with Crippen molar-refractivity contribution in [1.82, 2.24) is 10.3 Å². The van der Waals surface area contributed by atoms with Crippen molar-refractivity contribution in [2.24, 2.45) is 5.41 Å². The van der Waals surface area contributed by atoms with Gasteiger partial charge in [0.1, 0.15) is 0 Å². The minimum absolute atomic E-state index is 0.0866. The number of carbonyl (C=O) groups excluding carboxylic acids is 1. The molecule has 2 N–H and O–H groups in total. The lowest BCUT2D eigenvalue weighted by Crippen LogP contribution is -2.34. The second-order valence-electron chi connectivity index (χ2n) is 7.09. The van der Waals surface area contributed by atoms with E-state index in [4.69, 9.17) is 5.11 Å². The molecule has 0 spiro atoms. The summed E-state index contributed by atoms with van der Waals surface area (Å²) in [6, 6.07) is 9.62. The van der Waals surface area contributed by atoms with Gasteiger partial charge >= 0.3 is 0 Å². The van der Waals surface area contributed by atoms with Crippen LogP contribution in [0, 0.1) is 5.41 Å². The Morgan fingerprint density at radius 2 is 2.00 bits per heavy atom. The van der Waals surface area contributed by atoms with E-state index in [1.807, 2.05) is 44.2 Å². The topological polar surface area (TPSA) is 62.2 Å². The van der Waals surface area contributed by atoms with Crippen LogP contribution in [-0.4, -0.2) is 29.1 Å². The van der Waals surface area contributed by atoms with Crippen LogP contribution in [0.1, 0.15) is 56.1 Å². The van der Waals surface area contributed by atoms with E-state index in [1.54, 1.807) is 0 Å². The molecule has 1 aromatic heterocycles. The molecule has 4 nitrogen and oxygen atoms in total. The van der Waals surface area contributed by atoms with Crippen molar-refractivity contribution in [2.75, 3.05) is 13.2 Å². The SMILES string of the molecule is CC(C)c1cc(C(=O)NCC(C)(C)CCO)c2ccccc2n1. The van der Waals surface area contributed by atoms with E-state index in [1.165, 1.54) is 0 Å². The first-order valence-corrected chi connectivity index (χ1v) is 8.13. The molecule has 1 heterocycles. The van der Waals surface area contributed by atoms with E-state index in [-0.39, 0.29) is 23.8 Å². The number of amides is 1. The fraction of sp³-hybridized carbons (Fsp3) is 0.474. The number of aromatic nitrogens is 1. The molecule has 0 radical (unpaired) electrons. The maximum absolute atomic E-state index is 12.7. The standard InChI is InChI=1S/C19H26N2O2/c1-13(2)17-11-15(14-7-5-6-8-16(14)21-17)18(23)20-12-19(3,4)9-10-22/h5-8,11,13,22H,9-10,12H2,1-4H3,(H,20,23). The monoisotopic (exact) mass is 314 g/mol. The molecule has 0 atom stereocenters. The number of hydrogen-bond acceptors (Lipinski definition) is 3. The Kier molecular flexibility index (Phi) is 5.37. The lowest BCUT2D eigenvalue weighted by atomic mass is 9.89. The minimum Gasteiger partial charge on any atom is -0.396 e. The quantitative estimate of drug-likeness (QED) is 0.858. The van der Waals surface area contributed by atoms with Gasteiger partial charge in [0.15, 0.2) is 0 Å². The molecule has 0 fully saturated rings. The molecule has 0 saturated heterocycles. The number of hydrogen-bond donors (Lipinski definition) is 2. The molecule has 1 amide bonds. The van der Waals surface area contributed by atoms with Gasteiger partial charge < -0.3 is 10.4 Å². The first-order valence-electron chi connectivity index (χ1n) is 8.13. The molecule has 0 aliphatic rings. The van der Waals surface area contributed by atoms with Gasteiger partial charge in [-0.05, 0) is 29.9 Å². The average Bonchev–Trinajstić information content (AvgIpc) is 2.51. The number of nitrogens with zero attached hydrogens (tertiary/aromatic N) is 1. The van der Waals surface area contributed by atoms with Crippen molar-refractivity contribution in [3.8, 4) is 0 Å². The summed E-state index contributed by atoms with van der Waals surface area (Å²) in [7, 11) is 0. The molecule has 23 heavy (non-hydrogen) atoms. The van der Waals surface area contributed by atoms with Gasteiger partial charge in [0.25, 0.3) is 5.91 Å². The summed E-state index contributed by atoms with van der Waals surface area (Å²) < 4.78 is 0. The summed E-state index contributed by atoms with van der Waals surface area (Å²) in [5.41, 5.74) is 2.30. The number of benzene rings is 1. The van der Waals surface area contributed by atoms with Crippen molar-refractivity contribution in [1.29, 1.82) is 0 Å². The third-order valence-electron chi connectivity index (χ3n) is 4.09. The fourth-order valence-electron chi connectivity index (χ4n) is 2.49. The highest BCUT2D eigenvalue weighted by molar-refractivity contribution is 6.06. The summed E-state index contributed by atoms with van der Waals surface area (Å²) in [5, 5.41) is 13.0. The first kappa shape index (κ1) is 17.4. The fourth-order valence-corrected chi connectivity index (χ4v) is 2.49. The molecule has 4 heteroatoms. The third kappa shape index (κ3) is 4.29. The van der Waals surface area contributed by atoms with Crippen LogP contribution in [0.3, 0.4) is 0 Å². The zero-order valence-electron chi connectivity index (χ0n) is 14.4. The van der Waals surface area contributed by atoms with Crippen LogP contribution in [0.4, 0.5) is 0 Å². The summed E-state index contributed by atoms with van der Waals surface area (Å²) in [6.45, 7) is 8.87. The molecule has 0 bridgehead atoms. The highest BCUT2D eigenvalue weighted by Gasteiger charge is 2.20. The van der Waals surface area contributed by atoms with E-state index in [9.17, 15) is 4.79 Å². The minimum atomic E-state index is -0.131. The molecule has 124 valence electrons. The highest BCUT2D eigenvalue weighted by atomic mass is 16.3. The summed E-state index contributed by atoms with van der Waals surface area (Å²) >= 11 is 0. The summed E-state index contributed by atoms with van der Waals surface area (Å²) in [5.74, 6) is 0.175. The molecule has 2 rings (SSSR count). The maximum Gasteiger partial charge on any atom is 0.252 e. The number of para-hydroxylation sites is 1. The van der Waals surface area contributed by atoms with Crippen molar-refractivity contribution in [3.05, 3.63) is 41.6 Å². The zero-order chi connectivity index (χ0) is 17.0. The maximum atomic E-state index is 12.7. The van der Waals surface area contributed by atoms with Gasteiger partial charge in [-0.2, -0.15) is 0 Å². The van der Waals surface area contributed by atoms with Crippen molar-refractivity contribution in [2.45, 2.75) is 40.0 Å². The van der Waals surface area contributed by atoms with Crippen LogP contribution >= 0.6 is 0 Å². The number of nitrogens with one attached hydrogen (secondary N) is 1. The predicted octanol–water partition coefficient (Wildman–Crippen LogP) is 3.50. The number of aliphatic hydroxyl groups is 1. The number of pyridine rings is 1. The van der Waals surface area contributed by atoms with Crippen LogP contribution < -0.4 is 5.32 Å². The third-order valence-corrected chi connectivity index (χ3v) is 4.09. The van der Waals surface area contributed by atoms with Gasteiger partial charge in [-0.1, -0.05) is 45.9 Å². The average molecular weight is 314 g/mol. The van der Waals surface area contributed by atoms with Gasteiger partial charge in [0.2, 0.25) is 0 Å². The van der Waals surface area contributed by atoms with E-state index in [2.05, 4.69) is 24.1 Å². The van der Waals surface area contributed by atoms with E-state index in [0.717, 1.165) is 16.6 Å². The Balaban J connectivity index is 2.32. The Morgan fingerprint density at radius 3 is 2.65 bits per heavy atom. The molecule has 0 aliphatic heterocycles. The second kappa shape index (κ2) is 7.09. The number of fused-ring (bicyclic) bond motifs is 1.